The lowest BCUT2D eigenvalue weighted by Gasteiger charge is -2.16. The average molecular weight is 235 g/mol. The lowest BCUT2D eigenvalue weighted by molar-refractivity contribution is -0.124. The van der Waals surface area contributed by atoms with Crippen molar-refractivity contribution in [2.75, 3.05) is 0 Å². The van der Waals surface area contributed by atoms with E-state index in [1.807, 2.05) is 6.92 Å². The first-order chi connectivity index (χ1) is 8.10. The van der Waals surface area contributed by atoms with Crippen molar-refractivity contribution in [3.8, 4) is 0 Å². The molecule has 1 aromatic rings. The van der Waals surface area contributed by atoms with Gasteiger partial charge in [0.2, 0.25) is 5.91 Å². The molecule has 0 radical (unpaired) electrons. The molecule has 1 unspecified atom stereocenters. The van der Waals surface area contributed by atoms with Crippen molar-refractivity contribution >= 4 is 5.91 Å². The molecule has 6 nitrogen and oxygen atoms in total. The van der Waals surface area contributed by atoms with Crippen molar-refractivity contribution in [3.05, 3.63) is 11.6 Å². The molecule has 1 aromatic heterocycles. The summed E-state index contributed by atoms with van der Waals surface area (Å²) in [6.07, 6.45) is 3.65. The number of carbonyl (C=O) groups excluding carboxylic acids is 1. The summed E-state index contributed by atoms with van der Waals surface area (Å²) < 4.78 is 2.10. The first-order valence-corrected chi connectivity index (χ1v) is 6.12. The molecule has 0 saturated heterocycles. The van der Waals surface area contributed by atoms with E-state index in [1.165, 1.54) is 0 Å². The maximum Gasteiger partial charge on any atom is 0.240 e. The Morgan fingerprint density at radius 2 is 2.29 bits per heavy atom. The summed E-state index contributed by atoms with van der Waals surface area (Å²) in [5, 5.41) is 11.2. The molecular weight excluding hydrogens is 218 g/mol. The summed E-state index contributed by atoms with van der Waals surface area (Å²) in [6.45, 7) is 2.88. The Bertz CT molecular complexity index is 462. The van der Waals surface area contributed by atoms with Crippen LogP contribution in [0.2, 0.25) is 0 Å². The fraction of sp³-hybridized carbons (Fsp3) is 0.727. The van der Waals surface area contributed by atoms with Crippen molar-refractivity contribution in [2.45, 2.75) is 50.7 Å². The molecule has 1 aliphatic carbocycles. The van der Waals surface area contributed by atoms with Gasteiger partial charge in [0.15, 0.2) is 5.82 Å². The third kappa shape index (κ3) is 1.72. The monoisotopic (exact) mass is 235 g/mol. The van der Waals surface area contributed by atoms with Gasteiger partial charge in [0.1, 0.15) is 5.82 Å². The molecule has 1 saturated carbocycles. The Morgan fingerprint density at radius 1 is 1.53 bits per heavy atom. The summed E-state index contributed by atoms with van der Waals surface area (Å²) >= 11 is 0. The zero-order valence-corrected chi connectivity index (χ0v) is 9.94. The molecule has 3 N–H and O–H groups in total. The second kappa shape index (κ2) is 3.53. The number of amides is 1. The van der Waals surface area contributed by atoms with Gasteiger partial charge in [0, 0.05) is 13.0 Å². The lowest BCUT2D eigenvalue weighted by Crippen LogP contribution is -2.44. The summed E-state index contributed by atoms with van der Waals surface area (Å²) in [4.78, 5) is 11.8. The third-order valence-electron chi connectivity index (χ3n) is 3.61. The van der Waals surface area contributed by atoms with Gasteiger partial charge in [0.25, 0.3) is 0 Å². The lowest BCUT2D eigenvalue weighted by atomic mass is 10.2. The van der Waals surface area contributed by atoms with Gasteiger partial charge in [-0.3, -0.25) is 4.79 Å². The summed E-state index contributed by atoms with van der Waals surface area (Å²) in [5.41, 5.74) is 5.23. The van der Waals surface area contributed by atoms with Crippen molar-refractivity contribution in [1.82, 2.24) is 20.1 Å². The topological polar surface area (TPSA) is 85.8 Å². The SMILES string of the molecule is CC(NC(=O)C1(N)CC1)c1nnc2n1CCC2. The Morgan fingerprint density at radius 3 is 3.00 bits per heavy atom. The minimum absolute atomic E-state index is 0.0691. The van der Waals surface area contributed by atoms with Crippen LogP contribution in [0.25, 0.3) is 0 Å². The quantitative estimate of drug-likeness (QED) is 0.765. The van der Waals surface area contributed by atoms with E-state index in [-0.39, 0.29) is 11.9 Å². The van der Waals surface area contributed by atoms with E-state index in [2.05, 4.69) is 20.1 Å². The molecule has 0 aromatic carbocycles. The molecule has 92 valence electrons. The second-order valence-corrected chi connectivity index (χ2v) is 5.08. The Kier molecular flexibility index (Phi) is 2.22. The van der Waals surface area contributed by atoms with Gasteiger partial charge in [-0.1, -0.05) is 0 Å². The molecule has 0 spiro atoms. The van der Waals surface area contributed by atoms with Crippen LogP contribution in [0.5, 0.6) is 0 Å². The van der Waals surface area contributed by atoms with E-state index in [1.54, 1.807) is 0 Å². The van der Waals surface area contributed by atoms with Crippen LogP contribution in [0.3, 0.4) is 0 Å². The number of hydrogen-bond acceptors (Lipinski definition) is 4. The van der Waals surface area contributed by atoms with Crippen LogP contribution >= 0.6 is 0 Å². The molecule has 1 aliphatic heterocycles. The van der Waals surface area contributed by atoms with Gasteiger partial charge < -0.3 is 15.6 Å². The van der Waals surface area contributed by atoms with Crippen LogP contribution < -0.4 is 11.1 Å². The zero-order chi connectivity index (χ0) is 12.0. The third-order valence-corrected chi connectivity index (χ3v) is 3.61. The molecule has 1 atom stereocenters. The fourth-order valence-electron chi connectivity index (χ4n) is 2.26. The number of aromatic nitrogens is 3. The molecular formula is C11H17N5O. The predicted molar refractivity (Wildman–Crippen MR) is 61.1 cm³/mol. The largest absolute Gasteiger partial charge is 0.345 e. The van der Waals surface area contributed by atoms with Crippen LogP contribution in [-0.4, -0.2) is 26.2 Å². The molecule has 1 fully saturated rings. The van der Waals surface area contributed by atoms with Crippen LogP contribution in [0.1, 0.15) is 43.9 Å². The van der Waals surface area contributed by atoms with Crippen molar-refractivity contribution in [1.29, 1.82) is 0 Å². The molecule has 1 amide bonds. The Hall–Kier alpha value is -1.43. The highest BCUT2D eigenvalue weighted by Crippen LogP contribution is 2.33. The Labute approximate surface area is 99.6 Å². The highest BCUT2D eigenvalue weighted by Gasteiger charge is 2.46. The smallest absolute Gasteiger partial charge is 0.240 e. The summed E-state index contributed by atoms with van der Waals surface area (Å²) in [7, 11) is 0. The molecule has 6 heteroatoms. The molecule has 0 bridgehead atoms. The second-order valence-electron chi connectivity index (χ2n) is 5.08. The van der Waals surface area contributed by atoms with Crippen molar-refractivity contribution < 1.29 is 4.79 Å². The van der Waals surface area contributed by atoms with Crippen LogP contribution in [0.15, 0.2) is 0 Å². The van der Waals surface area contributed by atoms with E-state index in [0.29, 0.717) is 0 Å². The summed E-state index contributed by atoms with van der Waals surface area (Å²) in [5.74, 6) is 1.80. The van der Waals surface area contributed by atoms with Gasteiger partial charge in [0.05, 0.1) is 11.6 Å². The van der Waals surface area contributed by atoms with Gasteiger partial charge in [-0.25, -0.2) is 0 Å². The van der Waals surface area contributed by atoms with Gasteiger partial charge in [-0.05, 0) is 26.2 Å². The zero-order valence-electron chi connectivity index (χ0n) is 9.94. The van der Waals surface area contributed by atoms with Gasteiger partial charge in [-0.2, -0.15) is 0 Å². The highest BCUT2D eigenvalue weighted by atomic mass is 16.2. The van der Waals surface area contributed by atoms with Gasteiger partial charge >= 0.3 is 0 Å². The van der Waals surface area contributed by atoms with Crippen molar-refractivity contribution in [2.24, 2.45) is 5.73 Å². The van der Waals surface area contributed by atoms with E-state index >= 15 is 0 Å². The number of nitrogens with zero attached hydrogens (tertiary/aromatic N) is 3. The first-order valence-electron chi connectivity index (χ1n) is 6.12. The van der Waals surface area contributed by atoms with Crippen molar-refractivity contribution in [3.63, 3.8) is 0 Å². The normalized spacial score (nSPS) is 22.0. The number of aryl methyl sites for hydroxylation is 1. The predicted octanol–water partition coefficient (Wildman–Crippen LogP) is -0.107. The van der Waals surface area contributed by atoms with E-state index in [4.69, 9.17) is 5.73 Å². The van der Waals surface area contributed by atoms with Crippen LogP contribution in [-0.2, 0) is 17.8 Å². The minimum atomic E-state index is -0.623. The van der Waals surface area contributed by atoms with E-state index in [0.717, 1.165) is 43.9 Å². The number of carbonyl (C=O) groups is 1. The number of fused-ring (bicyclic) bond motifs is 1. The molecule has 17 heavy (non-hydrogen) atoms. The molecule has 2 aliphatic rings. The number of hydrogen-bond donors (Lipinski definition) is 2. The Balaban J connectivity index is 1.73. The minimum Gasteiger partial charge on any atom is -0.345 e. The number of nitrogens with one attached hydrogen (secondary N) is 1. The molecule has 3 rings (SSSR count). The number of rotatable bonds is 3. The van der Waals surface area contributed by atoms with E-state index < -0.39 is 5.54 Å². The maximum absolute atomic E-state index is 11.8. The van der Waals surface area contributed by atoms with Crippen LogP contribution in [0.4, 0.5) is 0 Å². The number of nitrogens with two attached hydrogens (primary N) is 1. The van der Waals surface area contributed by atoms with Crippen LogP contribution in [0, 0.1) is 0 Å². The standard InChI is InChI=1S/C11H17N5O/c1-7(13-10(17)11(12)4-5-11)9-15-14-8-3-2-6-16(8)9/h7H,2-6,12H2,1H3,(H,13,17). The first kappa shape index (κ1) is 10.7. The molecule has 2 heterocycles. The fourth-order valence-corrected chi connectivity index (χ4v) is 2.26. The van der Waals surface area contributed by atoms with Gasteiger partial charge in [-0.15, -0.1) is 10.2 Å². The average Bonchev–Trinajstić information content (AvgIpc) is 2.76. The highest BCUT2D eigenvalue weighted by molar-refractivity contribution is 5.89. The summed E-state index contributed by atoms with van der Waals surface area (Å²) in [6, 6.07) is -0.122. The maximum atomic E-state index is 11.8. The van der Waals surface area contributed by atoms with E-state index in [9.17, 15) is 4.79 Å².